The van der Waals surface area contributed by atoms with Crippen molar-refractivity contribution < 1.29 is 14.3 Å². The fourth-order valence-corrected chi connectivity index (χ4v) is 3.31. The van der Waals surface area contributed by atoms with Gasteiger partial charge in [0.2, 0.25) is 5.82 Å². The number of rotatable bonds is 6. The van der Waals surface area contributed by atoms with Gasteiger partial charge >= 0.3 is 0 Å². The van der Waals surface area contributed by atoms with Gasteiger partial charge in [0.25, 0.3) is 5.91 Å². The molecule has 0 bridgehead atoms. The highest BCUT2D eigenvalue weighted by Gasteiger charge is 2.11. The maximum Gasteiger partial charge on any atom is 0.271 e. The normalized spacial score (nSPS) is 12.6. The van der Waals surface area contributed by atoms with Crippen LogP contribution in [0, 0.1) is 0 Å². The quantitative estimate of drug-likeness (QED) is 0.365. The molecular formula is C24H20N6O3. The van der Waals surface area contributed by atoms with Crippen LogP contribution in [0.5, 0.6) is 11.5 Å². The van der Waals surface area contributed by atoms with Gasteiger partial charge < -0.3 is 9.47 Å². The van der Waals surface area contributed by atoms with Gasteiger partial charge in [-0.3, -0.25) is 4.79 Å². The summed E-state index contributed by atoms with van der Waals surface area (Å²) in [4.78, 5) is 13.9. The van der Waals surface area contributed by atoms with Gasteiger partial charge in [0.05, 0.1) is 12.8 Å². The Morgan fingerprint density at radius 2 is 1.79 bits per heavy atom. The molecule has 9 heteroatoms. The standard InChI is InChI=1S/C24H20N6O3/c31-24(27-25-15-18-8-11-21-22(14-18)33-13-12-32-21)20-9-6-17(7-10-20)16-30-28-23(26-29-30)19-4-2-1-3-5-19/h1-11,14-15H,12-13,16H2,(H,27,31)/b25-15+. The van der Waals surface area contributed by atoms with E-state index in [1.54, 1.807) is 18.3 Å². The number of aromatic nitrogens is 4. The van der Waals surface area contributed by atoms with Crippen LogP contribution in [0.4, 0.5) is 0 Å². The number of benzene rings is 3. The molecule has 0 atom stereocenters. The molecule has 2 heterocycles. The average Bonchev–Trinajstić information content (AvgIpc) is 3.33. The van der Waals surface area contributed by atoms with Gasteiger partial charge in [-0.15, -0.1) is 10.2 Å². The first-order valence-corrected chi connectivity index (χ1v) is 10.4. The molecule has 0 spiro atoms. The van der Waals surface area contributed by atoms with E-state index in [-0.39, 0.29) is 5.91 Å². The molecule has 0 radical (unpaired) electrons. The number of amides is 1. The summed E-state index contributed by atoms with van der Waals surface area (Å²) in [5.41, 5.74) is 5.69. The lowest BCUT2D eigenvalue weighted by atomic mass is 10.1. The molecule has 1 aliphatic rings. The Kier molecular flexibility index (Phi) is 5.75. The van der Waals surface area contributed by atoms with Crippen LogP contribution < -0.4 is 14.9 Å². The van der Waals surface area contributed by atoms with E-state index in [4.69, 9.17) is 9.47 Å². The van der Waals surface area contributed by atoms with E-state index < -0.39 is 0 Å². The van der Waals surface area contributed by atoms with Crippen LogP contribution in [0.15, 0.2) is 77.9 Å². The molecule has 0 fully saturated rings. The molecular weight excluding hydrogens is 420 g/mol. The summed E-state index contributed by atoms with van der Waals surface area (Å²) < 4.78 is 11.0. The Bertz CT molecular complexity index is 1290. The first kappa shape index (κ1) is 20.4. The number of carbonyl (C=O) groups is 1. The molecule has 1 aromatic heterocycles. The van der Waals surface area contributed by atoms with Crippen molar-refractivity contribution >= 4 is 12.1 Å². The van der Waals surface area contributed by atoms with Crippen LogP contribution in [-0.2, 0) is 6.54 Å². The molecule has 33 heavy (non-hydrogen) atoms. The second kappa shape index (κ2) is 9.31. The SMILES string of the molecule is O=C(N/N=C/c1ccc2c(c1)OCCO2)c1ccc(Cn2nnc(-c3ccccc3)n2)cc1. The van der Waals surface area contributed by atoms with Crippen LogP contribution in [0.3, 0.4) is 0 Å². The van der Waals surface area contributed by atoms with Gasteiger partial charge in [0.15, 0.2) is 11.5 Å². The number of ether oxygens (including phenoxy) is 2. The van der Waals surface area contributed by atoms with Crippen LogP contribution >= 0.6 is 0 Å². The number of nitrogens with one attached hydrogen (secondary N) is 1. The summed E-state index contributed by atoms with van der Waals surface area (Å²) in [6, 6.07) is 22.3. The topological polar surface area (TPSA) is 104 Å². The van der Waals surface area contributed by atoms with Crippen molar-refractivity contribution in [1.29, 1.82) is 0 Å². The van der Waals surface area contributed by atoms with Crippen molar-refractivity contribution in [3.8, 4) is 22.9 Å². The zero-order valence-corrected chi connectivity index (χ0v) is 17.6. The Morgan fingerprint density at radius 3 is 2.61 bits per heavy atom. The average molecular weight is 440 g/mol. The molecule has 0 saturated carbocycles. The van der Waals surface area contributed by atoms with Gasteiger partial charge in [0.1, 0.15) is 13.2 Å². The smallest absolute Gasteiger partial charge is 0.271 e. The van der Waals surface area contributed by atoms with Gasteiger partial charge in [-0.1, -0.05) is 42.5 Å². The van der Waals surface area contributed by atoms with Crippen molar-refractivity contribution in [1.82, 2.24) is 25.6 Å². The fraction of sp³-hybridized carbons (Fsp3) is 0.125. The zero-order chi connectivity index (χ0) is 22.5. The van der Waals surface area contributed by atoms with Crippen LogP contribution in [-0.4, -0.2) is 45.5 Å². The summed E-state index contributed by atoms with van der Waals surface area (Å²) >= 11 is 0. The predicted octanol–water partition coefficient (Wildman–Crippen LogP) is 2.92. The van der Waals surface area contributed by atoms with E-state index in [1.165, 1.54) is 4.80 Å². The molecule has 1 amide bonds. The molecule has 0 unspecified atom stereocenters. The zero-order valence-electron chi connectivity index (χ0n) is 17.6. The van der Waals surface area contributed by atoms with Gasteiger partial charge in [0, 0.05) is 11.1 Å². The minimum Gasteiger partial charge on any atom is -0.486 e. The molecule has 1 N–H and O–H groups in total. The summed E-state index contributed by atoms with van der Waals surface area (Å²) in [6.07, 6.45) is 1.56. The second-order valence-corrected chi connectivity index (χ2v) is 7.31. The second-order valence-electron chi connectivity index (χ2n) is 7.31. The number of tetrazole rings is 1. The van der Waals surface area contributed by atoms with Gasteiger partial charge in [-0.05, 0) is 46.7 Å². The number of fused-ring (bicyclic) bond motifs is 1. The van der Waals surface area contributed by atoms with Crippen molar-refractivity contribution in [2.45, 2.75) is 6.54 Å². The third kappa shape index (κ3) is 4.87. The fourth-order valence-electron chi connectivity index (χ4n) is 3.31. The number of hydrogen-bond donors (Lipinski definition) is 1. The Morgan fingerprint density at radius 1 is 1.00 bits per heavy atom. The number of carbonyl (C=O) groups excluding carboxylic acids is 1. The van der Waals surface area contributed by atoms with Gasteiger partial charge in [-0.25, -0.2) is 5.43 Å². The highest BCUT2D eigenvalue weighted by molar-refractivity contribution is 5.95. The molecule has 3 aromatic carbocycles. The van der Waals surface area contributed by atoms with Crippen LogP contribution in [0.2, 0.25) is 0 Å². The lowest BCUT2D eigenvalue weighted by Crippen LogP contribution is -2.18. The van der Waals surface area contributed by atoms with E-state index in [0.717, 1.165) is 16.7 Å². The molecule has 1 aliphatic heterocycles. The number of hydrazone groups is 1. The Hall–Kier alpha value is -4.53. The van der Waals surface area contributed by atoms with E-state index in [1.807, 2.05) is 60.7 Å². The minimum absolute atomic E-state index is 0.305. The molecule has 0 aliphatic carbocycles. The van der Waals surface area contributed by atoms with E-state index in [2.05, 4.69) is 25.9 Å². The number of hydrogen-bond acceptors (Lipinski definition) is 7. The highest BCUT2D eigenvalue weighted by atomic mass is 16.6. The summed E-state index contributed by atoms with van der Waals surface area (Å²) in [6.45, 7) is 1.50. The Labute approximate surface area is 189 Å². The van der Waals surface area contributed by atoms with E-state index >= 15 is 0 Å². The van der Waals surface area contributed by atoms with Crippen molar-refractivity contribution in [3.05, 3.63) is 89.5 Å². The lowest BCUT2D eigenvalue weighted by molar-refractivity contribution is 0.0955. The largest absolute Gasteiger partial charge is 0.486 e. The summed E-state index contributed by atoms with van der Waals surface area (Å²) in [7, 11) is 0. The lowest BCUT2D eigenvalue weighted by Gasteiger charge is -2.18. The predicted molar refractivity (Wildman–Crippen MR) is 121 cm³/mol. The van der Waals surface area contributed by atoms with Crippen molar-refractivity contribution in [3.63, 3.8) is 0 Å². The summed E-state index contributed by atoms with van der Waals surface area (Å²) in [5, 5.41) is 16.6. The monoisotopic (exact) mass is 440 g/mol. The number of nitrogens with zero attached hydrogens (tertiary/aromatic N) is 5. The molecule has 5 rings (SSSR count). The van der Waals surface area contributed by atoms with E-state index in [0.29, 0.717) is 42.6 Å². The molecule has 0 saturated heterocycles. The molecule has 4 aromatic rings. The van der Waals surface area contributed by atoms with E-state index in [9.17, 15) is 4.79 Å². The van der Waals surface area contributed by atoms with Crippen molar-refractivity contribution in [2.24, 2.45) is 5.10 Å². The third-order valence-corrected chi connectivity index (χ3v) is 4.97. The molecule has 9 nitrogen and oxygen atoms in total. The van der Waals surface area contributed by atoms with Crippen LogP contribution in [0.1, 0.15) is 21.5 Å². The van der Waals surface area contributed by atoms with Gasteiger partial charge in [-0.2, -0.15) is 9.90 Å². The molecule has 164 valence electrons. The maximum absolute atomic E-state index is 12.4. The Balaban J connectivity index is 1.18. The van der Waals surface area contributed by atoms with Crippen LogP contribution in [0.25, 0.3) is 11.4 Å². The first-order chi connectivity index (χ1) is 16.2. The third-order valence-electron chi connectivity index (χ3n) is 4.97. The summed E-state index contributed by atoms with van der Waals surface area (Å²) in [5.74, 6) is 1.65. The highest BCUT2D eigenvalue weighted by Crippen LogP contribution is 2.30. The first-order valence-electron chi connectivity index (χ1n) is 10.4. The minimum atomic E-state index is -0.305. The van der Waals surface area contributed by atoms with Crippen molar-refractivity contribution in [2.75, 3.05) is 13.2 Å². The maximum atomic E-state index is 12.4.